The van der Waals surface area contributed by atoms with Crippen LogP contribution >= 0.6 is 0 Å². The smallest absolute Gasteiger partial charge is 0.243 e. The van der Waals surface area contributed by atoms with Crippen LogP contribution < -0.4 is 10.6 Å². The quantitative estimate of drug-likeness (QED) is 0.789. The van der Waals surface area contributed by atoms with Crippen LogP contribution in [0.1, 0.15) is 26.3 Å². The number of morpholine rings is 1. The van der Waals surface area contributed by atoms with Crippen LogP contribution in [0.3, 0.4) is 0 Å². The second-order valence-electron chi connectivity index (χ2n) is 7.77. The summed E-state index contributed by atoms with van der Waals surface area (Å²) in [6, 6.07) is 6.77. The molecule has 1 aliphatic rings. The molecule has 2 aromatic rings. The van der Waals surface area contributed by atoms with Crippen LogP contribution in [-0.4, -0.2) is 54.5 Å². The average molecular weight is 406 g/mol. The largest absolute Gasteiger partial charge is 0.379 e. The third kappa shape index (κ3) is 4.98. The van der Waals surface area contributed by atoms with E-state index in [4.69, 9.17) is 4.74 Å². The predicted molar refractivity (Wildman–Crippen MR) is 109 cm³/mol. The van der Waals surface area contributed by atoms with Crippen molar-refractivity contribution in [1.82, 2.24) is 14.3 Å². The van der Waals surface area contributed by atoms with Gasteiger partial charge in [0, 0.05) is 36.1 Å². The molecule has 1 fully saturated rings. The maximum atomic E-state index is 12.9. The number of benzene rings is 1. The fourth-order valence-electron chi connectivity index (χ4n) is 2.77. The summed E-state index contributed by atoms with van der Waals surface area (Å²) < 4.78 is 32.5. The van der Waals surface area contributed by atoms with Crippen molar-refractivity contribution < 1.29 is 13.2 Å². The van der Waals surface area contributed by atoms with Crippen molar-refractivity contribution in [3.63, 3.8) is 0 Å². The summed E-state index contributed by atoms with van der Waals surface area (Å²) in [5, 5.41) is 6.45. The Kier molecular flexibility index (Phi) is 5.87. The zero-order valence-corrected chi connectivity index (χ0v) is 17.5. The summed E-state index contributed by atoms with van der Waals surface area (Å²) in [5.41, 5.74) is 1.34. The third-order valence-electron chi connectivity index (χ3n) is 4.16. The summed E-state index contributed by atoms with van der Waals surface area (Å²) in [6.45, 7) is 9.56. The number of anilines is 3. The monoisotopic (exact) mass is 405 g/mol. The standard InChI is InChI=1S/C19H27N5O3S/c1-14-13-20-18(23-19(2,3)4)22-17(14)21-15-6-5-7-16(12-15)28(25,26)24-8-10-27-11-9-24/h5-7,12-13H,8-11H2,1-4H3,(H2,20,21,22,23). The molecule has 0 saturated carbocycles. The summed E-state index contributed by atoms with van der Waals surface area (Å²) in [5.74, 6) is 1.14. The third-order valence-corrected chi connectivity index (χ3v) is 6.06. The molecule has 3 rings (SSSR count). The van der Waals surface area contributed by atoms with Gasteiger partial charge in [0.15, 0.2) is 0 Å². The molecule has 0 bridgehead atoms. The fraction of sp³-hybridized carbons (Fsp3) is 0.474. The minimum Gasteiger partial charge on any atom is -0.379 e. The number of ether oxygens (including phenoxy) is 1. The first-order valence-electron chi connectivity index (χ1n) is 9.22. The molecular weight excluding hydrogens is 378 g/mol. The lowest BCUT2D eigenvalue weighted by Gasteiger charge is -2.26. The highest BCUT2D eigenvalue weighted by atomic mass is 32.2. The van der Waals surface area contributed by atoms with Crippen molar-refractivity contribution in [2.24, 2.45) is 0 Å². The van der Waals surface area contributed by atoms with Gasteiger partial charge in [0.05, 0.1) is 18.1 Å². The molecule has 0 spiro atoms. The van der Waals surface area contributed by atoms with E-state index in [1.165, 1.54) is 4.31 Å². The summed E-state index contributed by atoms with van der Waals surface area (Å²) >= 11 is 0. The number of hydrogen-bond acceptors (Lipinski definition) is 7. The molecule has 0 radical (unpaired) electrons. The Labute approximate surface area is 166 Å². The van der Waals surface area contributed by atoms with Gasteiger partial charge in [-0.1, -0.05) is 6.07 Å². The zero-order chi connectivity index (χ0) is 20.4. The molecule has 0 atom stereocenters. The lowest BCUT2D eigenvalue weighted by molar-refractivity contribution is 0.0730. The van der Waals surface area contributed by atoms with Crippen molar-refractivity contribution in [1.29, 1.82) is 0 Å². The summed E-state index contributed by atoms with van der Waals surface area (Å²) in [7, 11) is -3.55. The van der Waals surface area contributed by atoms with Gasteiger partial charge in [0.2, 0.25) is 16.0 Å². The van der Waals surface area contributed by atoms with Gasteiger partial charge in [-0.3, -0.25) is 0 Å². The van der Waals surface area contributed by atoms with Crippen LogP contribution in [0.4, 0.5) is 17.5 Å². The van der Waals surface area contributed by atoms with Crippen LogP contribution in [0.15, 0.2) is 35.4 Å². The second kappa shape index (κ2) is 8.02. The Balaban J connectivity index is 1.84. The highest BCUT2D eigenvalue weighted by molar-refractivity contribution is 7.89. The van der Waals surface area contributed by atoms with Crippen molar-refractivity contribution >= 4 is 27.5 Å². The molecule has 152 valence electrons. The van der Waals surface area contributed by atoms with Crippen LogP contribution in [0.2, 0.25) is 0 Å². The zero-order valence-electron chi connectivity index (χ0n) is 16.7. The van der Waals surface area contributed by atoms with E-state index in [-0.39, 0.29) is 10.4 Å². The van der Waals surface area contributed by atoms with Crippen molar-refractivity contribution in [3.05, 3.63) is 36.0 Å². The Morgan fingerprint density at radius 1 is 1.18 bits per heavy atom. The van der Waals surface area contributed by atoms with Crippen LogP contribution in [-0.2, 0) is 14.8 Å². The van der Waals surface area contributed by atoms with E-state index in [9.17, 15) is 8.42 Å². The van der Waals surface area contributed by atoms with E-state index in [2.05, 4.69) is 20.6 Å². The molecule has 8 nitrogen and oxygen atoms in total. The molecule has 0 aliphatic carbocycles. The van der Waals surface area contributed by atoms with Crippen LogP contribution in [0, 0.1) is 6.92 Å². The Morgan fingerprint density at radius 2 is 1.89 bits per heavy atom. The lowest BCUT2D eigenvalue weighted by atomic mass is 10.1. The second-order valence-corrected chi connectivity index (χ2v) is 9.71. The fourth-order valence-corrected chi connectivity index (χ4v) is 4.23. The molecule has 1 aliphatic heterocycles. The van der Waals surface area contributed by atoms with Gasteiger partial charge < -0.3 is 15.4 Å². The van der Waals surface area contributed by atoms with Gasteiger partial charge in [0.25, 0.3) is 0 Å². The van der Waals surface area contributed by atoms with E-state index in [0.717, 1.165) is 5.56 Å². The molecule has 2 N–H and O–H groups in total. The predicted octanol–water partition coefficient (Wildman–Crippen LogP) is 2.76. The molecule has 1 aromatic heterocycles. The van der Waals surface area contributed by atoms with Gasteiger partial charge in [-0.25, -0.2) is 13.4 Å². The Hall–Kier alpha value is -2.23. The van der Waals surface area contributed by atoms with Gasteiger partial charge >= 0.3 is 0 Å². The number of nitrogens with one attached hydrogen (secondary N) is 2. The van der Waals surface area contributed by atoms with Gasteiger partial charge in [-0.15, -0.1) is 0 Å². The molecule has 1 aromatic carbocycles. The minimum atomic E-state index is -3.55. The highest BCUT2D eigenvalue weighted by Gasteiger charge is 2.26. The van der Waals surface area contributed by atoms with E-state index in [1.807, 2.05) is 33.8 Å². The van der Waals surface area contributed by atoms with E-state index < -0.39 is 10.0 Å². The maximum absolute atomic E-state index is 12.9. The first kappa shape index (κ1) is 20.5. The normalized spacial score (nSPS) is 16.0. The minimum absolute atomic E-state index is 0.168. The number of rotatable bonds is 5. The Morgan fingerprint density at radius 3 is 2.57 bits per heavy atom. The summed E-state index contributed by atoms with van der Waals surface area (Å²) in [6.07, 6.45) is 1.73. The van der Waals surface area contributed by atoms with E-state index in [1.54, 1.807) is 24.4 Å². The van der Waals surface area contributed by atoms with E-state index >= 15 is 0 Å². The molecule has 1 saturated heterocycles. The number of hydrogen-bond donors (Lipinski definition) is 2. The van der Waals surface area contributed by atoms with Crippen molar-refractivity contribution in [3.8, 4) is 0 Å². The van der Waals surface area contributed by atoms with Gasteiger partial charge in [0.1, 0.15) is 5.82 Å². The SMILES string of the molecule is Cc1cnc(NC(C)(C)C)nc1Nc1cccc(S(=O)(=O)N2CCOCC2)c1. The molecule has 28 heavy (non-hydrogen) atoms. The highest BCUT2D eigenvalue weighted by Crippen LogP contribution is 2.24. The molecule has 9 heteroatoms. The Bertz CT molecular complexity index is 935. The molecule has 0 amide bonds. The number of sulfonamides is 1. The first-order valence-corrected chi connectivity index (χ1v) is 10.7. The number of aromatic nitrogens is 2. The average Bonchev–Trinajstić information content (AvgIpc) is 2.64. The van der Waals surface area contributed by atoms with E-state index in [0.29, 0.717) is 43.8 Å². The van der Waals surface area contributed by atoms with Crippen molar-refractivity contribution in [2.45, 2.75) is 38.1 Å². The van der Waals surface area contributed by atoms with Crippen LogP contribution in [0.5, 0.6) is 0 Å². The summed E-state index contributed by atoms with van der Waals surface area (Å²) in [4.78, 5) is 9.08. The molecular formula is C19H27N5O3S. The number of aryl methyl sites for hydroxylation is 1. The lowest BCUT2D eigenvalue weighted by Crippen LogP contribution is -2.40. The van der Waals surface area contributed by atoms with Crippen molar-refractivity contribution in [2.75, 3.05) is 36.9 Å². The number of nitrogens with zero attached hydrogens (tertiary/aromatic N) is 3. The maximum Gasteiger partial charge on any atom is 0.243 e. The van der Waals surface area contributed by atoms with Crippen LogP contribution in [0.25, 0.3) is 0 Å². The first-order chi connectivity index (χ1) is 13.1. The van der Waals surface area contributed by atoms with Gasteiger partial charge in [-0.05, 0) is 45.9 Å². The van der Waals surface area contributed by atoms with Gasteiger partial charge in [-0.2, -0.15) is 9.29 Å². The topological polar surface area (TPSA) is 96.4 Å². The molecule has 2 heterocycles. The molecule has 0 unspecified atom stereocenters.